The fraction of sp³-hybridized carbons (Fsp3) is 0.222. The lowest BCUT2D eigenvalue weighted by molar-refractivity contribution is -0.385. The van der Waals surface area contributed by atoms with Gasteiger partial charge in [-0.1, -0.05) is 23.7 Å². The lowest BCUT2D eigenvalue weighted by Crippen LogP contribution is -2.30. The number of carbonyl (C=O) groups excluding carboxylic acids is 2. The highest BCUT2D eigenvalue weighted by Crippen LogP contribution is 2.24. The summed E-state index contributed by atoms with van der Waals surface area (Å²) in [5, 5.41) is 13.8. The molecule has 1 N–H and O–H groups in total. The number of benzene rings is 2. The van der Waals surface area contributed by atoms with Gasteiger partial charge in [0.2, 0.25) is 0 Å². The molecule has 0 unspecified atom stereocenters. The van der Waals surface area contributed by atoms with Gasteiger partial charge in [-0.3, -0.25) is 19.7 Å². The van der Waals surface area contributed by atoms with Gasteiger partial charge in [0.05, 0.1) is 15.5 Å². The van der Waals surface area contributed by atoms with Crippen molar-refractivity contribution in [2.75, 3.05) is 18.4 Å². The van der Waals surface area contributed by atoms with Gasteiger partial charge in [0.15, 0.2) is 0 Å². The molecule has 26 heavy (non-hydrogen) atoms. The van der Waals surface area contributed by atoms with E-state index >= 15 is 0 Å². The molecular formula is C18H18ClN3O4. The standard InChI is InChI=1S/C18H18ClN3O4/c1-3-21(4-2)18(24)13-10-9-12(11-15(13)19)20-17(23)14-7-5-6-8-16(14)22(25)26/h5-11H,3-4H2,1-2H3,(H,20,23). The normalized spacial score (nSPS) is 10.3. The van der Waals surface area contributed by atoms with Crippen molar-refractivity contribution in [2.45, 2.75) is 13.8 Å². The summed E-state index contributed by atoms with van der Waals surface area (Å²) in [6, 6.07) is 10.2. The van der Waals surface area contributed by atoms with Gasteiger partial charge in [-0.15, -0.1) is 0 Å². The minimum absolute atomic E-state index is 0.0584. The van der Waals surface area contributed by atoms with E-state index in [-0.39, 0.29) is 22.2 Å². The molecule has 0 spiro atoms. The molecule has 2 aromatic carbocycles. The Morgan fingerprint density at radius 1 is 1.12 bits per heavy atom. The number of hydrogen-bond donors (Lipinski definition) is 1. The fourth-order valence-corrected chi connectivity index (χ4v) is 2.73. The number of nitrogens with one attached hydrogen (secondary N) is 1. The summed E-state index contributed by atoms with van der Waals surface area (Å²) in [6.45, 7) is 4.86. The molecule has 2 aromatic rings. The Bertz CT molecular complexity index is 850. The lowest BCUT2D eigenvalue weighted by atomic mass is 10.1. The number of rotatable bonds is 6. The largest absolute Gasteiger partial charge is 0.339 e. The molecule has 2 amide bonds. The maximum absolute atomic E-state index is 12.4. The van der Waals surface area contributed by atoms with Crippen molar-refractivity contribution < 1.29 is 14.5 Å². The molecule has 0 heterocycles. The number of hydrogen-bond acceptors (Lipinski definition) is 4. The molecule has 136 valence electrons. The minimum atomic E-state index is -0.629. The third-order valence-corrected chi connectivity index (χ3v) is 4.17. The van der Waals surface area contributed by atoms with E-state index in [2.05, 4.69) is 5.32 Å². The van der Waals surface area contributed by atoms with Gasteiger partial charge >= 0.3 is 0 Å². The Hall–Kier alpha value is -2.93. The van der Waals surface area contributed by atoms with Crippen LogP contribution in [0.5, 0.6) is 0 Å². The van der Waals surface area contributed by atoms with Gasteiger partial charge in [-0.2, -0.15) is 0 Å². The van der Waals surface area contributed by atoms with Crippen LogP contribution in [0, 0.1) is 10.1 Å². The Morgan fingerprint density at radius 2 is 1.77 bits per heavy atom. The average Bonchev–Trinajstić information content (AvgIpc) is 2.62. The first-order valence-corrected chi connectivity index (χ1v) is 8.40. The quantitative estimate of drug-likeness (QED) is 0.610. The maximum Gasteiger partial charge on any atom is 0.282 e. The van der Waals surface area contributed by atoms with Crippen LogP contribution in [0.2, 0.25) is 5.02 Å². The highest BCUT2D eigenvalue weighted by molar-refractivity contribution is 6.34. The van der Waals surface area contributed by atoms with Crippen molar-refractivity contribution in [1.29, 1.82) is 0 Å². The summed E-state index contributed by atoms with van der Waals surface area (Å²) in [5.41, 5.74) is 0.328. The topological polar surface area (TPSA) is 92.6 Å². The number of nitro groups is 1. The number of nitro benzene ring substituents is 1. The molecule has 0 radical (unpaired) electrons. The number of halogens is 1. The van der Waals surface area contributed by atoms with Gasteiger partial charge in [0.25, 0.3) is 17.5 Å². The molecule has 0 atom stereocenters. The van der Waals surface area contributed by atoms with Crippen molar-refractivity contribution in [3.8, 4) is 0 Å². The molecule has 2 rings (SSSR count). The van der Waals surface area contributed by atoms with Gasteiger partial charge in [0.1, 0.15) is 5.56 Å². The first-order chi connectivity index (χ1) is 12.4. The molecule has 0 saturated heterocycles. The van der Waals surface area contributed by atoms with Crippen LogP contribution >= 0.6 is 11.6 Å². The summed E-state index contributed by atoms with van der Waals surface area (Å²) in [7, 11) is 0. The van der Waals surface area contributed by atoms with Crippen molar-refractivity contribution in [3.63, 3.8) is 0 Å². The molecule has 0 saturated carbocycles. The van der Waals surface area contributed by atoms with E-state index in [0.717, 1.165) is 0 Å². The van der Waals surface area contributed by atoms with E-state index in [1.807, 2.05) is 13.8 Å². The molecule has 0 aliphatic heterocycles. The number of nitrogens with zero attached hydrogens (tertiary/aromatic N) is 2. The predicted octanol–water partition coefficient (Wildman–Crippen LogP) is 3.98. The smallest absolute Gasteiger partial charge is 0.282 e. The number of amides is 2. The highest BCUT2D eigenvalue weighted by Gasteiger charge is 2.20. The summed E-state index contributed by atoms with van der Waals surface area (Å²) in [6.07, 6.45) is 0. The first-order valence-electron chi connectivity index (χ1n) is 8.02. The van der Waals surface area contributed by atoms with E-state index in [1.54, 1.807) is 11.0 Å². The van der Waals surface area contributed by atoms with Gasteiger partial charge in [-0.25, -0.2) is 0 Å². The van der Waals surface area contributed by atoms with Crippen molar-refractivity contribution in [3.05, 3.63) is 68.7 Å². The van der Waals surface area contributed by atoms with E-state index in [9.17, 15) is 19.7 Å². The van der Waals surface area contributed by atoms with Crippen LogP contribution in [0.25, 0.3) is 0 Å². The molecule has 7 nitrogen and oxygen atoms in total. The maximum atomic E-state index is 12.4. The average molecular weight is 376 g/mol. The van der Waals surface area contributed by atoms with E-state index in [0.29, 0.717) is 24.3 Å². The Labute approximate surface area is 155 Å². The third-order valence-electron chi connectivity index (χ3n) is 3.85. The van der Waals surface area contributed by atoms with Crippen LogP contribution < -0.4 is 5.32 Å². The zero-order valence-electron chi connectivity index (χ0n) is 14.4. The monoisotopic (exact) mass is 375 g/mol. The fourth-order valence-electron chi connectivity index (χ4n) is 2.47. The van der Waals surface area contributed by atoms with Crippen LogP contribution in [0.4, 0.5) is 11.4 Å². The van der Waals surface area contributed by atoms with E-state index in [1.165, 1.54) is 36.4 Å². The van der Waals surface area contributed by atoms with Crippen LogP contribution in [0.3, 0.4) is 0 Å². The molecule has 0 bridgehead atoms. The van der Waals surface area contributed by atoms with Gasteiger partial charge < -0.3 is 10.2 Å². The predicted molar refractivity (Wildman–Crippen MR) is 99.8 cm³/mol. The summed E-state index contributed by atoms with van der Waals surface area (Å²) >= 11 is 6.19. The van der Waals surface area contributed by atoms with Crippen LogP contribution in [0.15, 0.2) is 42.5 Å². The van der Waals surface area contributed by atoms with Crippen molar-refractivity contribution in [2.24, 2.45) is 0 Å². The molecule has 0 aromatic heterocycles. The highest BCUT2D eigenvalue weighted by atomic mass is 35.5. The van der Waals surface area contributed by atoms with E-state index < -0.39 is 10.8 Å². The summed E-state index contributed by atoms with van der Waals surface area (Å²) < 4.78 is 0. The van der Waals surface area contributed by atoms with Gasteiger partial charge in [-0.05, 0) is 38.1 Å². The van der Waals surface area contributed by atoms with Crippen LogP contribution in [-0.4, -0.2) is 34.7 Å². The SMILES string of the molecule is CCN(CC)C(=O)c1ccc(NC(=O)c2ccccc2[N+](=O)[O-])cc1Cl. The number of para-hydroxylation sites is 1. The van der Waals surface area contributed by atoms with Crippen molar-refractivity contribution >= 4 is 34.8 Å². The second-order valence-corrected chi connectivity index (χ2v) is 5.81. The zero-order valence-corrected chi connectivity index (χ0v) is 15.1. The zero-order chi connectivity index (χ0) is 19.3. The Morgan fingerprint density at radius 3 is 2.35 bits per heavy atom. The molecule has 8 heteroatoms. The molecule has 0 fully saturated rings. The second-order valence-electron chi connectivity index (χ2n) is 5.40. The molecular weight excluding hydrogens is 358 g/mol. The molecule has 0 aliphatic rings. The van der Waals surface area contributed by atoms with Crippen LogP contribution in [0.1, 0.15) is 34.6 Å². The number of carbonyl (C=O) groups is 2. The van der Waals surface area contributed by atoms with Crippen molar-refractivity contribution in [1.82, 2.24) is 4.90 Å². The Balaban J connectivity index is 2.24. The third kappa shape index (κ3) is 4.18. The second kappa shape index (κ2) is 8.44. The van der Waals surface area contributed by atoms with Gasteiger partial charge in [0, 0.05) is 24.8 Å². The molecule has 0 aliphatic carbocycles. The first kappa shape index (κ1) is 19.4. The van der Waals surface area contributed by atoms with E-state index in [4.69, 9.17) is 11.6 Å². The summed E-state index contributed by atoms with van der Waals surface area (Å²) in [5.74, 6) is -0.826. The number of anilines is 1. The van der Waals surface area contributed by atoms with Crippen LogP contribution in [-0.2, 0) is 0 Å². The summed E-state index contributed by atoms with van der Waals surface area (Å²) in [4.78, 5) is 36.8. The minimum Gasteiger partial charge on any atom is -0.339 e. The lowest BCUT2D eigenvalue weighted by Gasteiger charge is -2.19. The Kier molecular flexibility index (Phi) is 6.30.